The van der Waals surface area contributed by atoms with Gasteiger partial charge in [-0.3, -0.25) is 15.3 Å². The van der Waals surface area contributed by atoms with Gasteiger partial charge in [-0.1, -0.05) is 12.1 Å². The van der Waals surface area contributed by atoms with Crippen LogP contribution in [0, 0.1) is 0 Å². The Labute approximate surface area is 306 Å². The van der Waals surface area contributed by atoms with Crippen molar-refractivity contribution in [2.24, 2.45) is 11.5 Å². The summed E-state index contributed by atoms with van der Waals surface area (Å²) < 4.78 is 77.9. The van der Waals surface area contributed by atoms with E-state index in [9.17, 15) is 50.3 Å². The maximum absolute atomic E-state index is 12.4. The van der Waals surface area contributed by atoms with Gasteiger partial charge in [-0.15, -0.1) is 0 Å². The summed E-state index contributed by atoms with van der Waals surface area (Å²) in [5.74, 6) is -1.22. The van der Waals surface area contributed by atoms with Crippen LogP contribution in [0.5, 0.6) is 0 Å². The number of aromatic nitrogens is 5. The number of aromatic amines is 2. The van der Waals surface area contributed by atoms with Crippen LogP contribution < -0.4 is 28.2 Å². The summed E-state index contributed by atoms with van der Waals surface area (Å²) >= 11 is 0. The van der Waals surface area contributed by atoms with Crippen molar-refractivity contribution in [1.29, 1.82) is 0 Å². The molecule has 18 nitrogen and oxygen atoms in total. The maximum Gasteiger partial charge on any atom is 0.433 e. The molecule has 3 aromatic heterocycles. The first-order valence-electron chi connectivity index (χ1n) is 13.8. The van der Waals surface area contributed by atoms with E-state index in [1.54, 1.807) is 38.0 Å². The first-order valence-corrected chi connectivity index (χ1v) is 13.8. The van der Waals surface area contributed by atoms with Crippen LogP contribution in [0.15, 0.2) is 46.0 Å². The number of carbonyl (C=O) groups excluding carboxylic acids is 3. The van der Waals surface area contributed by atoms with E-state index in [-0.39, 0.29) is 65.4 Å². The normalized spacial score (nSPS) is 9.37. The van der Waals surface area contributed by atoms with Gasteiger partial charge in [0.15, 0.2) is 5.82 Å². The Kier molecular flexibility index (Phi) is 35.0. The molecular weight excluding hydrogens is 758 g/mol. The fourth-order valence-electron chi connectivity index (χ4n) is 2.17. The number of rotatable bonds is 2. The number of methoxy groups -OCH3 is 1. The number of alkyl halides is 6. The second-order valence-electron chi connectivity index (χ2n) is 7.77. The van der Waals surface area contributed by atoms with Crippen LogP contribution in [0.25, 0.3) is 11.5 Å². The number of H-pyrrole nitrogens is 2. The fourth-order valence-corrected chi connectivity index (χ4v) is 2.17. The molecule has 3 heterocycles. The number of urea groups is 2. The summed E-state index contributed by atoms with van der Waals surface area (Å²) in [6, 6.07) is 4.24. The van der Waals surface area contributed by atoms with Crippen molar-refractivity contribution in [3.63, 3.8) is 0 Å². The van der Waals surface area contributed by atoms with E-state index >= 15 is 0 Å². The number of nitrogens with one attached hydrogen (secondary N) is 3. The van der Waals surface area contributed by atoms with Crippen molar-refractivity contribution in [1.82, 2.24) is 30.2 Å². The SMILES string of the molecule is CCO.CCO.CCO.CCO.COC(=O)c1cccc(C(F)(F)F)n1.NC(=O)NC(N)=O.O=c1nc(-c2cccc(C(F)(F)F)n2)[nH]c(=O)[nH]1.[Ti]. The first kappa shape index (κ1) is 56.6. The number of carbonyl (C=O) groups is 3. The molecule has 0 atom stereocenters. The van der Waals surface area contributed by atoms with Crippen LogP contribution in [0.4, 0.5) is 35.9 Å². The molecule has 0 aliphatic rings. The number of nitrogens with zero attached hydrogens (tertiary/aromatic N) is 3. The second-order valence-corrected chi connectivity index (χ2v) is 7.77. The Bertz CT molecular complexity index is 1480. The molecule has 0 aromatic carbocycles. The predicted molar refractivity (Wildman–Crippen MR) is 168 cm³/mol. The van der Waals surface area contributed by atoms with E-state index in [4.69, 9.17) is 20.4 Å². The summed E-state index contributed by atoms with van der Waals surface area (Å²) in [6.07, 6.45) is -9.17. The third-order valence-corrected chi connectivity index (χ3v) is 3.63. The molecule has 0 spiro atoms. The van der Waals surface area contributed by atoms with Crippen LogP contribution in [0.3, 0.4) is 0 Å². The number of nitrogens with two attached hydrogens (primary N) is 2. The van der Waals surface area contributed by atoms with Gasteiger partial charge in [0.25, 0.3) is 0 Å². The number of hydrogen-bond acceptors (Lipinski definition) is 13. The van der Waals surface area contributed by atoms with Crippen molar-refractivity contribution >= 4 is 18.0 Å². The van der Waals surface area contributed by atoms with E-state index in [0.29, 0.717) is 0 Å². The number of ether oxygens (including phenoxy) is 1. The molecule has 0 fully saturated rings. The molecule has 0 aliphatic carbocycles. The van der Waals surface area contributed by atoms with Crippen molar-refractivity contribution in [2.45, 2.75) is 40.0 Å². The number of aliphatic hydroxyl groups excluding tert-OH is 4. The van der Waals surface area contributed by atoms with Crippen LogP contribution in [-0.2, 0) is 38.8 Å². The van der Waals surface area contributed by atoms with Crippen molar-refractivity contribution in [3.05, 3.63) is 74.4 Å². The quantitative estimate of drug-likeness (QED) is 0.1000. The number of amides is 4. The van der Waals surface area contributed by atoms with Gasteiger partial charge in [-0.05, 0) is 52.0 Å². The van der Waals surface area contributed by atoms with Gasteiger partial charge < -0.3 is 36.6 Å². The van der Waals surface area contributed by atoms with E-state index < -0.39 is 53.2 Å². The summed E-state index contributed by atoms with van der Waals surface area (Å²) in [7, 11) is 1.07. The van der Waals surface area contributed by atoms with Gasteiger partial charge in [0.05, 0.1) is 7.11 Å². The van der Waals surface area contributed by atoms with Crippen LogP contribution in [-0.4, -0.2) is 96.9 Å². The van der Waals surface area contributed by atoms with Gasteiger partial charge >= 0.3 is 41.8 Å². The Morgan fingerprint density at radius 2 is 1.12 bits per heavy atom. The largest absolute Gasteiger partial charge is 0.464 e. The van der Waals surface area contributed by atoms with Crippen molar-refractivity contribution in [2.75, 3.05) is 33.5 Å². The number of primary amides is 2. The molecule has 25 heteroatoms. The molecule has 0 saturated carbocycles. The van der Waals surface area contributed by atoms with Crippen LogP contribution in [0.1, 0.15) is 49.6 Å². The number of esters is 1. The summed E-state index contributed by atoms with van der Waals surface area (Å²) in [5, 5.41) is 31.9. The molecule has 0 unspecified atom stereocenters. The smallest absolute Gasteiger partial charge is 0.433 e. The zero-order chi connectivity index (χ0) is 40.8. The Balaban J connectivity index is -0.000000192. The fraction of sp³-hybridized carbons (Fsp3) is 0.407. The minimum absolute atomic E-state index is 0. The standard InChI is InChI=1S/C9H5F3N4O2.C8H6F3NO2.C2H5N3O2.4C2H6O.Ti/c10-9(11,12)5-3-1-2-4(13-5)6-14-7(17)16-8(18)15-6;1-14-7(13)5-3-2-4-6(12-5)8(9,10)11;3-1(6)5-2(4)7;4*1-2-3;/h1-3H,(H2,14,15,16,17,18);2-4H,1H3;(H5,3,4,5,6,7);4*3H,2H2,1H3;. The van der Waals surface area contributed by atoms with E-state index in [1.165, 1.54) is 6.07 Å². The van der Waals surface area contributed by atoms with Crippen LogP contribution in [0.2, 0.25) is 0 Å². The second kappa shape index (κ2) is 32.2. The van der Waals surface area contributed by atoms with Crippen molar-refractivity contribution < 1.29 is 87.6 Å². The number of halogens is 6. The zero-order valence-corrected chi connectivity index (χ0v) is 29.9. The predicted octanol–water partition coefficient (Wildman–Crippen LogP) is 1.15. The van der Waals surface area contributed by atoms with Crippen LogP contribution >= 0.6 is 0 Å². The van der Waals surface area contributed by atoms with Gasteiger partial charge in [-0.25, -0.2) is 33.9 Å². The van der Waals surface area contributed by atoms with Gasteiger partial charge in [-0.2, -0.15) is 31.3 Å². The monoisotopic (exact) mass is 798 g/mol. The van der Waals surface area contributed by atoms with Gasteiger partial charge in [0, 0.05) is 48.1 Å². The number of aliphatic hydroxyl groups is 4. The molecule has 0 bridgehead atoms. The molecule has 294 valence electrons. The number of pyridine rings is 2. The van der Waals surface area contributed by atoms with Gasteiger partial charge in [0.2, 0.25) is 0 Å². The minimum Gasteiger partial charge on any atom is -0.464 e. The average Bonchev–Trinajstić information content (AvgIpc) is 3.01. The Morgan fingerprint density at radius 3 is 1.44 bits per heavy atom. The molecule has 0 saturated heterocycles. The van der Waals surface area contributed by atoms with Gasteiger partial charge in [0.1, 0.15) is 22.8 Å². The Morgan fingerprint density at radius 1 is 0.731 bits per heavy atom. The number of imide groups is 1. The molecule has 0 radical (unpaired) electrons. The van der Waals surface area contributed by atoms with E-state index in [2.05, 4.69) is 36.1 Å². The molecule has 11 N–H and O–H groups in total. The third-order valence-electron chi connectivity index (χ3n) is 3.63. The topological polar surface area (TPSA) is 310 Å². The van der Waals surface area contributed by atoms with E-state index in [0.717, 1.165) is 37.4 Å². The van der Waals surface area contributed by atoms with E-state index in [1.807, 2.05) is 0 Å². The summed E-state index contributed by atoms with van der Waals surface area (Å²) in [5.41, 5.74) is 4.20. The zero-order valence-electron chi connectivity index (χ0n) is 28.3. The molecule has 52 heavy (non-hydrogen) atoms. The summed E-state index contributed by atoms with van der Waals surface area (Å²) in [4.78, 5) is 65.6. The Hall–Kier alpha value is -4.75. The van der Waals surface area contributed by atoms with Crippen molar-refractivity contribution in [3.8, 4) is 11.5 Å². The third kappa shape index (κ3) is 31.3. The average molecular weight is 799 g/mol. The number of hydrogen-bond donors (Lipinski definition) is 9. The molecule has 3 aromatic rings. The maximum atomic E-state index is 12.4. The molecule has 3 rings (SSSR count). The molecular formula is C27H40F6N8O10Ti. The minimum atomic E-state index is -4.61. The summed E-state index contributed by atoms with van der Waals surface area (Å²) in [6.45, 7) is 7.72. The molecule has 0 aliphatic heterocycles. The molecule has 4 amide bonds. The first-order chi connectivity index (χ1) is 23.6.